The average molecular weight is 382 g/mol. The molecule has 1 aromatic heterocycles. The third-order valence-corrected chi connectivity index (χ3v) is 4.94. The summed E-state index contributed by atoms with van der Waals surface area (Å²) in [4.78, 5) is 2.50. The van der Waals surface area contributed by atoms with Crippen LogP contribution in [-0.4, -0.2) is 11.6 Å². The number of fused-ring (bicyclic) bond motifs is 1. The third kappa shape index (κ3) is 3.83. The first-order valence-corrected chi connectivity index (χ1v) is 8.71. The average Bonchev–Trinajstić information content (AvgIpc) is 2.95. The number of aromatic amines is 1. The summed E-state index contributed by atoms with van der Waals surface area (Å²) in [6, 6.07) is 10.5. The van der Waals surface area contributed by atoms with Crippen LogP contribution < -0.4 is 4.74 Å². The van der Waals surface area contributed by atoms with Gasteiger partial charge in [-0.2, -0.15) is 13.2 Å². The number of aryl methyl sites for hydroxylation is 3. The molecule has 0 amide bonds. The first kappa shape index (κ1) is 18.6. The van der Waals surface area contributed by atoms with E-state index in [1.807, 2.05) is 26.0 Å². The fourth-order valence-corrected chi connectivity index (χ4v) is 3.24. The Balaban J connectivity index is 1.72. The molecule has 0 atom stereocenters. The number of nitrogens with one attached hydrogen (secondary N) is 1. The molecule has 0 bridgehead atoms. The molecule has 3 aromatic rings. The number of aromatic nitrogens is 1. The Labute approximate surface area is 154 Å². The minimum Gasteiger partial charge on any atom is -0.494 e. The van der Waals surface area contributed by atoms with Gasteiger partial charge in [0.25, 0.3) is 0 Å². The lowest BCUT2D eigenvalue weighted by Gasteiger charge is -2.11. The predicted molar refractivity (Wildman–Crippen MR) is 98.0 cm³/mol. The van der Waals surface area contributed by atoms with Gasteiger partial charge in [-0.25, -0.2) is 0 Å². The molecular formula is C20H19ClF3NO. The molecule has 0 unspecified atom stereocenters. The van der Waals surface area contributed by atoms with Crippen molar-refractivity contribution in [2.45, 2.75) is 32.9 Å². The molecule has 0 spiro atoms. The van der Waals surface area contributed by atoms with Crippen molar-refractivity contribution in [2.24, 2.45) is 0 Å². The van der Waals surface area contributed by atoms with Gasteiger partial charge < -0.3 is 9.72 Å². The van der Waals surface area contributed by atoms with Crippen LogP contribution >= 0.6 is 11.6 Å². The van der Waals surface area contributed by atoms with Crippen molar-refractivity contribution in [2.75, 3.05) is 6.61 Å². The number of hydrogen-bond donors (Lipinski definition) is 1. The number of halogens is 4. The fraction of sp³-hybridized carbons (Fsp3) is 0.300. The van der Waals surface area contributed by atoms with E-state index in [0.29, 0.717) is 40.3 Å². The summed E-state index contributed by atoms with van der Waals surface area (Å²) in [5.41, 5.74) is 1.95. The number of benzene rings is 2. The second-order valence-electron chi connectivity index (χ2n) is 6.34. The molecular weight excluding hydrogens is 363 g/mol. The molecule has 0 aliphatic heterocycles. The minimum atomic E-state index is -4.40. The summed E-state index contributed by atoms with van der Waals surface area (Å²) in [6.45, 7) is 4.12. The zero-order valence-electron chi connectivity index (χ0n) is 14.5. The van der Waals surface area contributed by atoms with Crippen molar-refractivity contribution < 1.29 is 17.9 Å². The van der Waals surface area contributed by atoms with E-state index in [9.17, 15) is 13.2 Å². The maximum absolute atomic E-state index is 13.3. The predicted octanol–water partition coefficient (Wildman–Crippen LogP) is 6.47. The minimum absolute atomic E-state index is 0.282. The van der Waals surface area contributed by atoms with E-state index in [0.717, 1.165) is 11.1 Å². The monoisotopic (exact) mass is 381 g/mol. The van der Waals surface area contributed by atoms with Crippen molar-refractivity contribution in [3.8, 4) is 5.75 Å². The van der Waals surface area contributed by atoms with E-state index in [-0.39, 0.29) is 6.42 Å². The van der Waals surface area contributed by atoms with Crippen LogP contribution in [0.3, 0.4) is 0 Å². The maximum atomic E-state index is 13.3. The van der Waals surface area contributed by atoms with Gasteiger partial charge in [-0.15, -0.1) is 0 Å². The summed E-state index contributed by atoms with van der Waals surface area (Å²) >= 11 is 6.13. The molecule has 2 aromatic carbocycles. The van der Waals surface area contributed by atoms with Crippen LogP contribution in [-0.2, 0) is 12.6 Å². The van der Waals surface area contributed by atoms with Crippen molar-refractivity contribution in [1.29, 1.82) is 0 Å². The van der Waals surface area contributed by atoms with Gasteiger partial charge in [-0.05, 0) is 61.6 Å². The SMILES string of the molecule is Cc1cc(OCCCc2c(C(F)(F)F)[nH]c3ccccc23)cc(C)c1Cl. The molecule has 6 heteroatoms. The second-order valence-corrected chi connectivity index (χ2v) is 6.72. The van der Waals surface area contributed by atoms with Gasteiger partial charge in [0.2, 0.25) is 0 Å². The van der Waals surface area contributed by atoms with Gasteiger partial charge in [0.05, 0.1) is 6.61 Å². The van der Waals surface area contributed by atoms with Crippen LogP contribution in [0, 0.1) is 13.8 Å². The highest BCUT2D eigenvalue weighted by Crippen LogP contribution is 2.36. The largest absolute Gasteiger partial charge is 0.494 e. The quantitative estimate of drug-likeness (QED) is 0.503. The second kappa shape index (κ2) is 7.23. The van der Waals surface area contributed by atoms with E-state index < -0.39 is 11.9 Å². The van der Waals surface area contributed by atoms with Crippen LogP contribution in [0.15, 0.2) is 36.4 Å². The molecule has 0 radical (unpaired) electrons. The third-order valence-electron chi connectivity index (χ3n) is 4.35. The Hall–Kier alpha value is -2.14. The zero-order chi connectivity index (χ0) is 18.9. The maximum Gasteiger partial charge on any atom is 0.431 e. The molecule has 0 aliphatic rings. The van der Waals surface area contributed by atoms with E-state index in [2.05, 4.69) is 4.98 Å². The molecule has 26 heavy (non-hydrogen) atoms. The number of alkyl halides is 3. The topological polar surface area (TPSA) is 25.0 Å². The van der Waals surface area contributed by atoms with Gasteiger partial charge in [0.1, 0.15) is 11.4 Å². The highest BCUT2D eigenvalue weighted by Gasteiger charge is 2.36. The van der Waals surface area contributed by atoms with Crippen molar-refractivity contribution in [1.82, 2.24) is 4.98 Å². The van der Waals surface area contributed by atoms with Crippen molar-refractivity contribution in [3.63, 3.8) is 0 Å². The van der Waals surface area contributed by atoms with Crippen LogP contribution in [0.2, 0.25) is 5.02 Å². The van der Waals surface area contributed by atoms with Crippen LogP contribution in [0.5, 0.6) is 5.75 Å². The van der Waals surface area contributed by atoms with Crippen molar-refractivity contribution in [3.05, 3.63) is 63.8 Å². The molecule has 3 rings (SSSR count). The standard InChI is InChI=1S/C20H19ClF3NO/c1-12-10-14(11-13(2)18(12)21)26-9-5-7-16-15-6-3-4-8-17(15)25-19(16)20(22,23)24/h3-4,6,8,10-11,25H,5,7,9H2,1-2H3. The summed E-state index contributed by atoms with van der Waals surface area (Å²) in [5, 5.41) is 1.31. The van der Waals surface area contributed by atoms with Gasteiger partial charge in [0, 0.05) is 15.9 Å². The smallest absolute Gasteiger partial charge is 0.431 e. The van der Waals surface area contributed by atoms with Crippen LogP contribution in [0.4, 0.5) is 13.2 Å². The first-order chi connectivity index (χ1) is 12.3. The lowest BCUT2D eigenvalue weighted by Crippen LogP contribution is -2.10. The summed E-state index contributed by atoms with van der Waals surface area (Å²) < 4.78 is 45.6. The van der Waals surface area contributed by atoms with Gasteiger partial charge >= 0.3 is 6.18 Å². The molecule has 138 valence electrons. The number of rotatable bonds is 5. The molecule has 1 N–H and O–H groups in total. The molecule has 0 aliphatic carbocycles. The van der Waals surface area contributed by atoms with Gasteiger partial charge in [-0.1, -0.05) is 29.8 Å². The number of para-hydroxylation sites is 1. The Kier molecular flexibility index (Phi) is 5.19. The Morgan fingerprint density at radius 3 is 2.38 bits per heavy atom. The Morgan fingerprint density at radius 2 is 1.73 bits per heavy atom. The lowest BCUT2D eigenvalue weighted by atomic mass is 10.1. The fourth-order valence-electron chi connectivity index (χ4n) is 3.13. The summed E-state index contributed by atoms with van der Waals surface area (Å²) in [7, 11) is 0. The number of H-pyrrole nitrogens is 1. The molecule has 1 heterocycles. The van der Waals surface area contributed by atoms with Crippen LogP contribution in [0.1, 0.15) is 28.8 Å². The Bertz CT molecular complexity index is 907. The first-order valence-electron chi connectivity index (χ1n) is 8.33. The summed E-state index contributed by atoms with van der Waals surface area (Å²) in [6.07, 6.45) is -3.64. The van der Waals surface area contributed by atoms with Gasteiger partial charge in [-0.3, -0.25) is 0 Å². The van der Waals surface area contributed by atoms with E-state index in [1.54, 1.807) is 24.3 Å². The highest BCUT2D eigenvalue weighted by molar-refractivity contribution is 6.32. The van der Waals surface area contributed by atoms with Gasteiger partial charge in [0.15, 0.2) is 0 Å². The molecule has 0 fully saturated rings. The van der Waals surface area contributed by atoms with E-state index >= 15 is 0 Å². The lowest BCUT2D eigenvalue weighted by molar-refractivity contribution is -0.141. The summed E-state index contributed by atoms with van der Waals surface area (Å²) in [5.74, 6) is 0.680. The highest BCUT2D eigenvalue weighted by atomic mass is 35.5. The normalized spacial score (nSPS) is 11.9. The molecule has 0 saturated carbocycles. The molecule has 2 nitrogen and oxygen atoms in total. The van der Waals surface area contributed by atoms with Crippen molar-refractivity contribution >= 4 is 22.5 Å². The Morgan fingerprint density at radius 1 is 1.08 bits per heavy atom. The van der Waals surface area contributed by atoms with Crippen LogP contribution in [0.25, 0.3) is 10.9 Å². The molecule has 0 saturated heterocycles. The van der Waals surface area contributed by atoms with E-state index in [4.69, 9.17) is 16.3 Å². The zero-order valence-corrected chi connectivity index (χ0v) is 15.3. The number of ether oxygens (including phenoxy) is 1. The number of hydrogen-bond acceptors (Lipinski definition) is 1. The van der Waals surface area contributed by atoms with E-state index in [1.165, 1.54) is 0 Å².